The Morgan fingerprint density at radius 3 is 2.63 bits per heavy atom. The Bertz CT molecular complexity index is 1140. The molecule has 0 aromatic heterocycles. The lowest BCUT2D eigenvalue weighted by molar-refractivity contribution is -0.385. The summed E-state index contributed by atoms with van der Waals surface area (Å²) in [7, 11) is -3.38. The van der Waals surface area contributed by atoms with E-state index in [4.69, 9.17) is 4.74 Å². The molecule has 1 aliphatic heterocycles. The van der Waals surface area contributed by atoms with Crippen molar-refractivity contribution in [1.82, 2.24) is 0 Å². The molecule has 0 atom stereocenters. The molecule has 2 aromatic carbocycles. The van der Waals surface area contributed by atoms with Crippen molar-refractivity contribution < 1.29 is 27.7 Å². The van der Waals surface area contributed by atoms with Gasteiger partial charge in [-0.3, -0.25) is 19.2 Å². The van der Waals surface area contributed by atoms with E-state index in [0.29, 0.717) is 24.2 Å². The number of nitro benzene ring substituents is 1. The number of esters is 1. The highest BCUT2D eigenvalue weighted by Crippen LogP contribution is 2.31. The van der Waals surface area contributed by atoms with Crippen LogP contribution in [0.2, 0.25) is 0 Å². The van der Waals surface area contributed by atoms with Crippen LogP contribution in [0.3, 0.4) is 0 Å². The maximum Gasteiger partial charge on any atom is 0.339 e. The summed E-state index contributed by atoms with van der Waals surface area (Å²) >= 11 is 0. The Balaban J connectivity index is 1.72. The number of nitro groups is 1. The SMILES string of the molecule is CCS(=O)(=O)N1CCc2cc(C(=O)COC(=O)c3cccc([N+](=O)[O-])c3C)ccc21. The predicted molar refractivity (Wildman–Crippen MR) is 109 cm³/mol. The van der Waals surface area contributed by atoms with Crippen molar-refractivity contribution in [1.29, 1.82) is 0 Å². The van der Waals surface area contributed by atoms with Crippen molar-refractivity contribution >= 4 is 33.2 Å². The number of ketones is 1. The highest BCUT2D eigenvalue weighted by molar-refractivity contribution is 7.92. The Morgan fingerprint density at radius 2 is 1.97 bits per heavy atom. The molecule has 158 valence electrons. The number of fused-ring (bicyclic) bond motifs is 1. The molecule has 0 saturated carbocycles. The third kappa shape index (κ3) is 4.04. The lowest BCUT2D eigenvalue weighted by Gasteiger charge is -2.18. The van der Waals surface area contributed by atoms with E-state index in [0.717, 1.165) is 5.56 Å². The monoisotopic (exact) mass is 432 g/mol. The number of hydrogen-bond acceptors (Lipinski definition) is 7. The van der Waals surface area contributed by atoms with Gasteiger partial charge < -0.3 is 4.74 Å². The summed E-state index contributed by atoms with van der Waals surface area (Å²) in [5.41, 5.74) is 1.56. The summed E-state index contributed by atoms with van der Waals surface area (Å²) in [6, 6.07) is 8.74. The van der Waals surface area contributed by atoms with Crippen LogP contribution in [0, 0.1) is 17.0 Å². The van der Waals surface area contributed by atoms with E-state index < -0.39 is 33.3 Å². The molecule has 0 unspecified atom stereocenters. The van der Waals surface area contributed by atoms with Crippen LogP contribution in [-0.4, -0.2) is 44.0 Å². The number of rotatable bonds is 7. The normalized spacial score (nSPS) is 13.1. The van der Waals surface area contributed by atoms with Gasteiger partial charge in [0.2, 0.25) is 10.0 Å². The van der Waals surface area contributed by atoms with Gasteiger partial charge in [-0.1, -0.05) is 6.07 Å². The zero-order chi connectivity index (χ0) is 22.1. The molecule has 1 heterocycles. The van der Waals surface area contributed by atoms with Crippen molar-refractivity contribution in [3.8, 4) is 0 Å². The minimum absolute atomic E-state index is 0.0138. The first-order valence-electron chi connectivity index (χ1n) is 9.23. The van der Waals surface area contributed by atoms with Gasteiger partial charge in [-0.2, -0.15) is 0 Å². The number of anilines is 1. The van der Waals surface area contributed by atoms with Gasteiger partial charge in [0.1, 0.15) is 0 Å². The third-order valence-electron chi connectivity index (χ3n) is 5.01. The molecule has 0 radical (unpaired) electrons. The zero-order valence-electron chi connectivity index (χ0n) is 16.5. The van der Waals surface area contributed by atoms with Crippen LogP contribution in [0.25, 0.3) is 0 Å². The van der Waals surface area contributed by atoms with Crippen LogP contribution < -0.4 is 4.31 Å². The standard InChI is InChI=1S/C20H20N2O7S/c1-3-30(27,28)21-10-9-14-11-15(7-8-18(14)21)19(23)12-29-20(24)16-5-4-6-17(13(16)2)22(25)26/h4-8,11H,3,9-10,12H2,1-2H3. The number of Topliss-reactive ketones (excluding diaryl/α,β-unsaturated/α-hetero) is 1. The minimum atomic E-state index is -3.38. The first-order valence-corrected chi connectivity index (χ1v) is 10.8. The quantitative estimate of drug-likeness (QED) is 0.285. The van der Waals surface area contributed by atoms with Gasteiger partial charge in [0.15, 0.2) is 12.4 Å². The summed E-state index contributed by atoms with van der Waals surface area (Å²) in [5.74, 6) is -1.29. The maximum absolute atomic E-state index is 12.5. The molecule has 0 bridgehead atoms. The van der Waals surface area contributed by atoms with Crippen molar-refractivity contribution in [2.75, 3.05) is 23.2 Å². The highest BCUT2D eigenvalue weighted by atomic mass is 32.2. The van der Waals surface area contributed by atoms with E-state index in [1.165, 1.54) is 35.5 Å². The zero-order valence-corrected chi connectivity index (χ0v) is 17.3. The minimum Gasteiger partial charge on any atom is -0.454 e. The molecular weight excluding hydrogens is 412 g/mol. The Morgan fingerprint density at radius 1 is 1.23 bits per heavy atom. The molecule has 10 heteroatoms. The molecule has 0 fully saturated rings. The van der Waals surface area contributed by atoms with Gasteiger partial charge in [0.25, 0.3) is 5.69 Å². The van der Waals surface area contributed by atoms with Crippen LogP contribution in [0.5, 0.6) is 0 Å². The third-order valence-corrected chi connectivity index (χ3v) is 6.79. The molecule has 0 amide bonds. The molecule has 30 heavy (non-hydrogen) atoms. The average molecular weight is 432 g/mol. The Kier molecular flexibility index (Phi) is 5.88. The van der Waals surface area contributed by atoms with Gasteiger partial charge in [-0.25, -0.2) is 13.2 Å². The summed E-state index contributed by atoms with van der Waals surface area (Å²) < 4.78 is 30.7. The number of sulfonamides is 1. The predicted octanol–water partition coefficient (Wildman–Crippen LogP) is 2.66. The summed E-state index contributed by atoms with van der Waals surface area (Å²) in [5, 5.41) is 11.0. The van der Waals surface area contributed by atoms with Crippen LogP contribution >= 0.6 is 0 Å². The Labute approximate surface area is 173 Å². The fourth-order valence-corrected chi connectivity index (χ4v) is 4.48. The van der Waals surface area contributed by atoms with Gasteiger partial charge in [0, 0.05) is 23.7 Å². The Hall–Kier alpha value is -3.27. The van der Waals surface area contributed by atoms with Crippen molar-refractivity contribution in [2.45, 2.75) is 20.3 Å². The van der Waals surface area contributed by atoms with Gasteiger partial charge in [-0.05, 0) is 50.1 Å². The van der Waals surface area contributed by atoms with Crippen molar-refractivity contribution in [2.24, 2.45) is 0 Å². The lowest BCUT2D eigenvalue weighted by atomic mass is 10.1. The molecule has 1 aliphatic rings. The second-order valence-corrected chi connectivity index (χ2v) is 8.95. The molecule has 0 saturated heterocycles. The van der Waals surface area contributed by atoms with Gasteiger partial charge >= 0.3 is 5.97 Å². The summed E-state index contributed by atoms with van der Waals surface area (Å²) in [6.45, 7) is 2.80. The summed E-state index contributed by atoms with van der Waals surface area (Å²) in [4.78, 5) is 35.1. The molecule has 2 aromatic rings. The highest BCUT2D eigenvalue weighted by Gasteiger charge is 2.28. The fraction of sp³-hybridized carbons (Fsp3) is 0.300. The van der Waals surface area contributed by atoms with E-state index in [2.05, 4.69) is 0 Å². The fourth-order valence-electron chi connectivity index (χ4n) is 3.32. The molecule has 0 spiro atoms. The smallest absolute Gasteiger partial charge is 0.339 e. The van der Waals surface area contributed by atoms with E-state index in [9.17, 15) is 28.1 Å². The van der Waals surface area contributed by atoms with E-state index in [1.54, 1.807) is 19.1 Å². The number of ether oxygens (including phenoxy) is 1. The first kappa shape index (κ1) is 21.4. The number of carbonyl (C=O) groups excluding carboxylic acids is 2. The maximum atomic E-state index is 12.5. The van der Waals surface area contributed by atoms with Crippen LogP contribution in [0.1, 0.15) is 38.8 Å². The molecule has 0 N–H and O–H groups in total. The largest absolute Gasteiger partial charge is 0.454 e. The number of carbonyl (C=O) groups is 2. The molecular formula is C20H20N2O7S. The second-order valence-electron chi connectivity index (χ2n) is 6.77. The number of nitrogens with zero attached hydrogens (tertiary/aromatic N) is 2. The van der Waals surface area contributed by atoms with E-state index in [-0.39, 0.29) is 22.6 Å². The van der Waals surface area contributed by atoms with Crippen LogP contribution in [0.15, 0.2) is 36.4 Å². The average Bonchev–Trinajstić information content (AvgIpc) is 3.15. The molecule has 9 nitrogen and oxygen atoms in total. The lowest BCUT2D eigenvalue weighted by Crippen LogP contribution is -2.30. The summed E-state index contributed by atoms with van der Waals surface area (Å²) in [6.07, 6.45) is 0.488. The van der Waals surface area contributed by atoms with Crippen molar-refractivity contribution in [3.63, 3.8) is 0 Å². The van der Waals surface area contributed by atoms with Crippen LogP contribution in [0.4, 0.5) is 11.4 Å². The topological polar surface area (TPSA) is 124 Å². The number of benzene rings is 2. The van der Waals surface area contributed by atoms with Gasteiger partial charge in [0.05, 0.1) is 21.9 Å². The first-order chi connectivity index (χ1) is 14.2. The van der Waals surface area contributed by atoms with Crippen LogP contribution in [-0.2, 0) is 21.2 Å². The molecule has 0 aliphatic carbocycles. The number of hydrogen-bond donors (Lipinski definition) is 0. The molecule has 3 rings (SSSR count). The van der Waals surface area contributed by atoms with Gasteiger partial charge in [-0.15, -0.1) is 0 Å². The second kappa shape index (κ2) is 8.23. The van der Waals surface area contributed by atoms with E-state index >= 15 is 0 Å². The van der Waals surface area contributed by atoms with E-state index in [1.807, 2.05) is 0 Å². The van der Waals surface area contributed by atoms with Crippen molar-refractivity contribution in [3.05, 3.63) is 68.8 Å².